The summed E-state index contributed by atoms with van der Waals surface area (Å²) in [6.07, 6.45) is 2.84. The molecule has 1 N–H and O–H groups in total. The van der Waals surface area contributed by atoms with E-state index in [-0.39, 0.29) is 0 Å². The van der Waals surface area contributed by atoms with E-state index >= 15 is 0 Å². The van der Waals surface area contributed by atoms with Crippen LogP contribution in [0.1, 0.15) is 36.5 Å². The van der Waals surface area contributed by atoms with E-state index in [1.807, 2.05) is 0 Å². The van der Waals surface area contributed by atoms with Crippen molar-refractivity contribution in [3.63, 3.8) is 0 Å². The second-order valence-electron chi connectivity index (χ2n) is 4.93. The molecule has 1 nitrogen and oxygen atoms in total. The van der Waals surface area contributed by atoms with E-state index in [1.54, 1.807) is 0 Å². The van der Waals surface area contributed by atoms with Gasteiger partial charge in [-0.25, -0.2) is 0 Å². The van der Waals surface area contributed by atoms with Gasteiger partial charge >= 0.3 is 0 Å². The van der Waals surface area contributed by atoms with Gasteiger partial charge in [0.2, 0.25) is 0 Å². The Kier molecular flexibility index (Phi) is 3.11. The van der Waals surface area contributed by atoms with E-state index in [2.05, 4.69) is 44.3 Å². The Morgan fingerprint density at radius 2 is 2.00 bits per heavy atom. The highest BCUT2D eigenvalue weighted by molar-refractivity contribution is 5.29. The molecule has 1 saturated carbocycles. The number of benzene rings is 1. The zero-order valence-electron chi connectivity index (χ0n) is 10.0. The van der Waals surface area contributed by atoms with Crippen molar-refractivity contribution in [1.29, 1.82) is 0 Å². The number of aryl methyl sites for hydroxylation is 2. The molecule has 1 aromatic rings. The molecule has 1 heteroatoms. The first-order chi connectivity index (χ1) is 7.16. The van der Waals surface area contributed by atoms with Gasteiger partial charge in [0.1, 0.15) is 0 Å². The second kappa shape index (κ2) is 4.36. The highest BCUT2D eigenvalue weighted by atomic mass is 14.9. The van der Waals surface area contributed by atoms with E-state index in [0.717, 1.165) is 12.5 Å². The number of nitrogens with one attached hydrogen (secondary N) is 1. The number of hydrogen-bond acceptors (Lipinski definition) is 1. The number of hydrogen-bond donors (Lipinski definition) is 1. The van der Waals surface area contributed by atoms with Crippen molar-refractivity contribution in [3.8, 4) is 0 Å². The summed E-state index contributed by atoms with van der Waals surface area (Å²) in [6.45, 7) is 7.67. The molecule has 15 heavy (non-hydrogen) atoms. The maximum atomic E-state index is 3.61. The van der Waals surface area contributed by atoms with E-state index in [9.17, 15) is 0 Å². The molecule has 1 aliphatic carbocycles. The Morgan fingerprint density at radius 1 is 1.27 bits per heavy atom. The minimum absolute atomic E-state index is 0.687. The van der Waals surface area contributed by atoms with Gasteiger partial charge in [-0.3, -0.25) is 0 Å². The van der Waals surface area contributed by atoms with Crippen LogP contribution in [0.5, 0.6) is 0 Å². The zero-order valence-corrected chi connectivity index (χ0v) is 10.0. The zero-order chi connectivity index (χ0) is 10.8. The molecule has 0 saturated heterocycles. The molecule has 2 rings (SSSR count). The summed E-state index contributed by atoms with van der Waals surface area (Å²) in [5.74, 6) is 0.941. The predicted molar refractivity (Wildman–Crippen MR) is 64.9 cm³/mol. The van der Waals surface area contributed by atoms with Crippen molar-refractivity contribution in [1.82, 2.24) is 5.32 Å². The molecule has 0 amide bonds. The third-order valence-electron chi connectivity index (χ3n) is 3.53. The van der Waals surface area contributed by atoms with Crippen molar-refractivity contribution in [2.24, 2.45) is 5.92 Å². The molecule has 0 bridgehead atoms. The topological polar surface area (TPSA) is 12.0 Å². The van der Waals surface area contributed by atoms with Crippen LogP contribution >= 0.6 is 0 Å². The van der Waals surface area contributed by atoms with Crippen molar-refractivity contribution < 1.29 is 0 Å². The summed E-state index contributed by atoms with van der Waals surface area (Å²) < 4.78 is 0. The average Bonchev–Trinajstić information content (AvgIpc) is 3.03. The summed E-state index contributed by atoms with van der Waals surface area (Å²) in [4.78, 5) is 0. The van der Waals surface area contributed by atoms with Crippen LogP contribution in [0.2, 0.25) is 0 Å². The molecule has 0 radical (unpaired) electrons. The maximum Gasteiger partial charge on any atom is 0.0208 e. The summed E-state index contributed by atoms with van der Waals surface area (Å²) in [6, 6.07) is 7.43. The van der Waals surface area contributed by atoms with Crippen LogP contribution in [0.3, 0.4) is 0 Å². The minimum Gasteiger partial charge on any atom is -0.310 e. The molecule has 0 spiro atoms. The largest absolute Gasteiger partial charge is 0.310 e. The second-order valence-corrected chi connectivity index (χ2v) is 4.93. The molecule has 1 unspecified atom stereocenters. The van der Waals surface area contributed by atoms with Gasteiger partial charge in [0.05, 0.1) is 0 Å². The van der Waals surface area contributed by atoms with Crippen molar-refractivity contribution in [3.05, 3.63) is 34.9 Å². The van der Waals surface area contributed by atoms with Crippen molar-refractivity contribution in [2.75, 3.05) is 0 Å². The van der Waals surface area contributed by atoms with Crippen LogP contribution in [-0.4, -0.2) is 6.04 Å². The summed E-state index contributed by atoms with van der Waals surface area (Å²) >= 11 is 0. The van der Waals surface area contributed by atoms with Gasteiger partial charge in [0, 0.05) is 12.6 Å². The van der Waals surface area contributed by atoms with Gasteiger partial charge in [0.15, 0.2) is 0 Å². The first-order valence-electron chi connectivity index (χ1n) is 5.96. The Morgan fingerprint density at radius 3 is 2.60 bits per heavy atom. The lowest BCUT2D eigenvalue weighted by molar-refractivity contribution is 0.496. The first-order valence-corrected chi connectivity index (χ1v) is 5.96. The van der Waals surface area contributed by atoms with Gasteiger partial charge in [-0.2, -0.15) is 0 Å². The Labute approximate surface area is 92.9 Å². The molecule has 0 aromatic heterocycles. The van der Waals surface area contributed by atoms with Gasteiger partial charge in [0.25, 0.3) is 0 Å². The normalized spacial score (nSPS) is 17.8. The van der Waals surface area contributed by atoms with Gasteiger partial charge in [-0.1, -0.05) is 18.2 Å². The summed E-state index contributed by atoms with van der Waals surface area (Å²) in [5.41, 5.74) is 4.19. The smallest absolute Gasteiger partial charge is 0.0208 e. The van der Waals surface area contributed by atoms with Crippen LogP contribution in [0.15, 0.2) is 18.2 Å². The van der Waals surface area contributed by atoms with Crippen LogP contribution in [-0.2, 0) is 6.54 Å². The Bertz CT molecular complexity index is 339. The number of rotatable bonds is 4. The quantitative estimate of drug-likeness (QED) is 0.792. The molecule has 1 atom stereocenters. The Balaban J connectivity index is 1.89. The monoisotopic (exact) mass is 203 g/mol. The SMILES string of the molecule is Cc1ccc(CNC(C)C2CC2)cc1C. The third kappa shape index (κ3) is 2.82. The van der Waals surface area contributed by atoms with Gasteiger partial charge in [-0.15, -0.1) is 0 Å². The van der Waals surface area contributed by atoms with Crippen LogP contribution in [0.4, 0.5) is 0 Å². The van der Waals surface area contributed by atoms with E-state index < -0.39 is 0 Å². The average molecular weight is 203 g/mol. The molecule has 0 aliphatic heterocycles. The lowest BCUT2D eigenvalue weighted by Crippen LogP contribution is -2.27. The predicted octanol–water partition coefficient (Wildman–Crippen LogP) is 3.19. The molecule has 82 valence electrons. The first kappa shape index (κ1) is 10.7. The lowest BCUT2D eigenvalue weighted by atomic mass is 10.1. The molecular formula is C14H21N. The molecule has 0 heterocycles. The molecule has 1 aliphatic rings. The minimum atomic E-state index is 0.687. The third-order valence-corrected chi connectivity index (χ3v) is 3.53. The highest BCUT2D eigenvalue weighted by Gasteiger charge is 2.27. The Hall–Kier alpha value is -0.820. The molecule has 1 fully saturated rings. The van der Waals surface area contributed by atoms with Crippen LogP contribution < -0.4 is 5.32 Å². The fourth-order valence-electron chi connectivity index (χ4n) is 1.96. The lowest BCUT2D eigenvalue weighted by Gasteiger charge is -2.13. The van der Waals surface area contributed by atoms with Crippen molar-refractivity contribution in [2.45, 2.75) is 46.2 Å². The fourth-order valence-corrected chi connectivity index (χ4v) is 1.96. The highest BCUT2D eigenvalue weighted by Crippen LogP contribution is 2.32. The van der Waals surface area contributed by atoms with E-state index in [0.29, 0.717) is 6.04 Å². The van der Waals surface area contributed by atoms with Crippen molar-refractivity contribution >= 4 is 0 Å². The fraction of sp³-hybridized carbons (Fsp3) is 0.571. The van der Waals surface area contributed by atoms with Gasteiger partial charge < -0.3 is 5.32 Å². The van der Waals surface area contributed by atoms with E-state index in [1.165, 1.54) is 29.5 Å². The molecule has 1 aromatic carbocycles. The maximum absolute atomic E-state index is 3.61. The standard InChI is InChI=1S/C14H21N/c1-10-4-5-13(8-11(10)2)9-15-12(3)14-6-7-14/h4-5,8,12,14-15H,6-7,9H2,1-3H3. The molecular weight excluding hydrogens is 182 g/mol. The van der Waals surface area contributed by atoms with E-state index in [4.69, 9.17) is 0 Å². The summed E-state index contributed by atoms with van der Waals surface area (Å²) in [5, 5.41) is 3.61. The van der Waals surface area contributed by atoms with Crippen LogP contribution in [0, 0.1) is 19.8 Å². The summed E-state index contributed by atoms with van der Waals surface area (Å²) in [7, 11) is 0. The van der Waals surface area contributed by atoms with Gasteiger partial charge in [-0.05, 0) is 56.2 Å². The van der Waals surface area contributed by atoms with Crippen LogP contribution in [0.25, 0.3) is 0 Å².